The Kier molecular flexibility index (Phi) is 6.51. The maximum absolute atomic E-state index is 5.42. The number of morpholine rings is 1. The third-order valence-electron chi connectivity index (χ3n) is 4.29. The van der Waals surface area contributed by atoms with Crippen molar-refractivity contribution in [3.63, 3.8) is 0 Å². The van der Waals surface area contributed by atoms with Crippen LogP contribution in [-0.2, 0) is 4.74 Å². The molecule has 2 rings (SSSR count). The van der Waals surface area contributed by atoms with Gasteiger partial charge in [0, 0.05) is 38.3 Å². The SMILES string of the molecule is C=CC[C@@H]1CC=C[C@@H](CC=C)N1CCN1CCOCC1. The minimum Gasteiger partial charge on any atom is -0.379 e. The van der Waals surface area contributed by atoms with Crippen molar-refractivity contribution in [2.24, 2.45) is 0 Å². The van der Waals surface area contributed by atoms with E-state index < -0.39 is 0 Å². The standard InChI is InChI=1S/C17H28N2O/c1-3-6-16-8-5-9-17(7-4-2)19(16)11-10-18-12-14-20-15-13-18/h3-5,8,16-17H,1-2,6-7,9-15H2/t16-,17-/m1/s1. The Hall–Kier alpha value is -0.900. The molecule has 0 radical (unpaired) electrons. The van der Waals surface area contributed by atoms with Crippen LogP contribution in [-0.4, -0.2) is 61.3 Å². The van der Waals surface area contributed by atoms with Crippen LogP contribution in [0.5, 0.6) is 0 Å². The first-order valence-electron chi connectivity index (χ1n) is 7.79. The van der Waals surface area contributed by atoms with Gasteiger partial charge in [0.15, 0.2) is 0 Å². The Labute approximate surface area is 123 Å². The molecule has 0 aromatic rings. The van der Waals surface area contributed by atoms with E-state index in [1.807, 2.05) is 6.08 Å². The summed E-state index contributed by atoms with van der Waals surface area (Å²) in [5, 5.41) is 0. The van der Waals surface area contributed by atoms with E-state index in [9.17, 15) is 0 Å². The Morgan fingerprint density at radius 2 is 1.85 bits per heavy atom. The molecule has 3 nitrogen and oxygen atoms in total. The van der Waals surface area contributed by atoms with Crippen LogP contribution in [0.15, 0.2) is 37.5 Å². The first-order valence-corrected chi connectivity index (χ1v) is 7.79. The van der Waals surface area contributed by atoms with Gasteiger partial charge in [0.1, 0.15) is 0 Å². The number of rotatable bonds is 7. The highest BCUT2D eigenvalue weighted by atomic mass is 16.5. The zero-order valence-corrected chi connectivity index (χ0v) is 12.5. The Balaban J connectivity index is 1.92. The summed E-state index contributed by atoms with van der Waals surface area (Å²) in [6.45, 7) is 14.0. The Bertz CT molecular complexity index is 334. The van der Waals surface area contributed by atoms with Crippen LogP contribution in [0, 0.1) is 0 Å². The fraction of sp³-hybridized carbons (Fsp3) is 0.647. The maximum atomic E-state index is 5.42. The highest BCUT2D eigenvalue weighted by Crippen LogP contribution is 2.22. The summed E-state index contributed by atoms with van der Waals surface area (Å²) in [4.78, 5) is 5.15. The summed E-state index contributed by atoms with van der Waals surface area (Å²) < 4.78 is 5.42. The molecule has 0 amide bonds. The topological polar surface area (TPSA) is 15.7 Å². The third kappa shape index (κ3) is 4.30. The van der Waals surface area contributed by atoms with Crippen molar-refractivity contribution in [2.75, 3.05) is 39.4 Å². The molecular formula is C17H28N2O. The minimum atomic E-state index is 0.507. The lowest BCUT2D eigenvalue weighted by molar-refractivity contribution is 0.0279. The van der Waals surface area contributed by atoms with Crippen molar-refractivity contribution in [2.45, 2.75) is 31.3 Å². The van der Waals surface area contributed by atoms with Gasteiger partial charge < -0.3 is 4.74 Å². The summed E-state index contributed by atoms with van der Waals surface area (Å²) >= 11 is 0. The van der Waals surface area contributed by atoms with Crippen LogP contribution in [0.4, 0.5) is 0 Å². The van der Waals surface area contributed by atoms with Gasteiger partial charge in [-0.15, -0.1) is 13.2 Å². The molecule has 0 bridgehead atoms. The summed E-state index contributed by atoms with van der Waals surface area (Å²) in [5.74, 6) is 0. The zero-order chi connectivity index (χ0) is 14.2. The van der Waals surface area contributed by atoms with Gasteiger partial charge in [-0.3, -0.25) is 9.80 Å². The molecule has 1 saturated heterocycles. The lowest BCUT2D eigenvalue weighted by atomic mass is 9.97. The van der Waals surface area contributed by atoms with Crippen molar-refractivity contribution < 1.29 is 4.74 Å². The van der Waals surface area contributed by atoms with Gasteiger partial charge >= 0.3 is 0 Å². The molecule has 0 aromatic carbocycles. The number of hydrogen-bond acceptors (Lipinski definition) is 3. The zero-order valence-electron chi connectivity index (χ0n) is 12.5. The minimum absolute atomic E-state index is 0.507. The molecule has 2 aliphatic heterocycles. The highest BCUT2D eigenvalue weighted by Gasteiger charge is 2.26. The fourth-order valence-electron chi connectivity index (χ4n) is 3.15. The smallest absolute Gasteiger partial charge is 0.0594 e. The molecule has 3 heteroatoms. The fourth-order valence-corrected chi connectivity index (χ4v) is 3.15. The van der Waals surface area contributed by atoms with E-state index in [0.29, 0.717) is 12.1 Å². The molecule has 0 aromatic heterocycles. The second kappa shape index (κ2) is 8.40. The lowest BCUT2D eigenvalue weighted by Crippen LogP contribution is -2.49. The molecule has 0 N–H and O–H groups in total. The van der Waals surface area contributed by atoms with E-state index >= 15 is 0 Å². The molecule has 20 heavy (non-hydrogen) atoms. The number of nitrogens with zero attached hydrogens (tertiary/aromatic N) is 2. The van der Waals surface area contributed by atoms with Gasteiger partial charge in [-0.25, -0.2) is 0 Å². The van der Waals surface area contributed by atoms with E-state index in [-0.39, 0.29) is 0 Å². The molecule has 0 saturated carbocycles. The second-order valence-corrected chi connectivity index (χ2v) is 5.63. The molecule has 0 aliphatic carbocycles. The van der Waals surface area contributed by atoms with Gasteiger partial charge in [-0.2, -0.15) is 0 Å². The second-order valence-electron chi connectivity index (χ2n) is 5.63. The summed E-state index contributed by atoms with van der Waals surface area (Å²) in [6, 6.07) is 1.11. The average Bonchev–Trinajstić information content (AvgIpc) is 2.48. The first kappa shape index (κ1) is 15.5. The van der Waals surface area contributed by atoms with Crippen molar-refractivity contribution in [1.82, 2.24) is 9.80 Å². The van der Waals surface area contributed by atoms with Crippen LogP contribution in [0.2, 0.25) is 0 Å². The predicted octanol–water partition coefficient (Wildman–Crippen LogP) is 2.47. The van der Waals surface area contributed by atoms with Crippen molar-refractivity contribution in [3.8, 4) is 0 Å². The summed E-state index contributed by atoms with van der Waals surface area (Å²) in [7, 11) is 0. The van der Waals surface area contributed by atoms with Crippen molar-refractivity contribution in [3.05, 3.63) is 37.5 Å². The molecule has 2 atom stereocenters. The molecular weight excluding hydrogens is 248 g/mol. The number of ether oxygens (including phenoxy) is 1. The van der Waals surface area contributed by atoms with E-state index in [0.717, 1.165) is 58.7 Å². The monoisotopic (exact) mass is 276 g/mol. The van der Waals surface area contributed by atoms with Gasteiger partial charge in [-0.1, -0.05) is 24.3 Å². The molecule has 2 heterocycles. The van der Waals surface area contributed by atoms with Crippen LogP contribution >= 0.6 is 0 Å². The normalized spacial score (nSPS) is 28.4. The average molecular weight is 276 g/mol. The third-order valence-corrected chi connectivity index (χ3v) is 4.29. The maximum Gasteiger partial charge on any atom is 0.0594 e. The summed E-state index contributed by atoms with van der Waals surface area (Å²) in [6.07, 6.45) is 12.0. The van der Waals surface area contributed by atoms with Gasteiger partial charge in [0.25, 0.3) is 0 Å². The molecule has 0 unspecified atom stereocenters. The Morgan fingerprint density at radius 3 is 2.55 bits per heavy atom. The molecule has 1 fully saturated rings. The van der Waals surface area contributed by atoms with Crippen LogP contribution in [0.1, 0.15) is 19.3 Å². The van der Waals surface area contributed by atoms with Gasteiger partial charge in [0.05, 0.1) is 13.2 Å². The van der Waals surface area contributed by atoms with E-state index in [2.05, 4.69) is 41.2 Å². The number of hydrogen-bond donors (Lipinski definition) is 0. The van der Waals surface area contributed by atoms with Crippen LogP contribution in [0.25, 0.3) is 0 Å². The highest BCUT2D eigenvalue weighted by molar-refractivity contribution is 5.06. The molecule has 112 valence electrons. The lowest BCUT2D eigenvalue weighted by Gasteiger charge is -2.40. The van der Waals surface area contributed by atoms with Gasteiger partial charge in [-0.05, 0) is 19.3 Å². The largest absolute Gasteiger partial charge is 0.379 e. The van der Waals surface area contributed by atoms with Gasteiger partial charge in [0.2, 0.25) is 0 Å². The van der Waals surface area contributed by atoms with Crippen LogP contribution in [0.3, 0.4) is 0 Å². The summed E-state index contributed by atoms with van der Waals surface area (Å²) in [5.41, 5.74) is 0. The quantitative estimate of drug-likeness (QED) is 0.664. The van der Waals surface area contributed by atoms with Crippen molar-refractivity contribution in [1.29, 1.82) is 0 Å². The van der Waals surface area contributed by atoms with E-state index in [1.165, 1.54) is 0 Å². The van der Waals surface area contributed by atoms with E-state index in [1.54, 1.807) is 0 Å². The Morgan fingerprint density at radius 1 is 1.10 bits per heavy atom. The molecule has 0 spiro atoms. The predicted molar refractivity (Wildman–Crippen MR) is 84.9 cm³/mol. The molecule has 2 aliphatic rings. The van der Waals surface area contributed by atoms with Crippen LogP contribution < -0.4 is 0 Å². The first-order chi connectivity index (χ1) is 9.85. The van der Waals surface area contributed by atoms with E-state index in [4.69, 9.17) is 4.74 Å². The van der Waals surface area contributed by atoms with Crippen molar-refractivity contribution >= 4 is 0 Å².